The summed E-state index contributed by atoms with van der Waals surface area (Å²) in [5.74, 6) is 4.54. The molecular formula is C32H33NO3S. The van der Waals surface area contributed by atoms with E-state index in [0.717, 1.165) is 58.1 Å². The fourth-order valence-electron chi connectivity index (χ4n) is 5.30. The van der Waals surface area contributed by atoms with Crippen molar-refractivity contribution in [3.8, 4) is 34.1 Å². The van der Waals surface area contributed by atoms with E-state index < -0.39 is 0 Å². The highest BCUT2D eigenvalue weighted by Gasteiger charge is 2.17. The number of rotatable bonds is 8. The van der Waals surface area contributed by atoms with E-state index in [1.807, 2.05) is 42.1 Å². The van der Waals surface area contributed by atoms with Gasteiger partial charge in [0.05, 0.1) is 7.11 Å². The normalized spacial score (nSPS) is 15.5. The van der Waals surface area contributed by atoms with Gasteiger partial charge in [-0.1, -0.05) is 18.6 Å². The van der Waals surface area contributed by atoms with Crippen molar-refractivity contribution in [2.24, 2.45) is 0 Å². The van der Waals surface area contributed by atoms with Crippen LogP contribution in [0.1, 0.15) is 24.8 Å². The zero-order valence-electron chi connectivity index (χ0n) is 21.4. The first-order valence-electron chi connectivity index (χ1n) is 13.3. The number of aryl methyl sites for hydroxylation is 1. The first kappa shape index (κ1) is 24.2. The van der Waals surface area contributed by atoms with Gasteiger partial charge in [-0.25, -0.2) is 0 Å². The standard InChI is InChI=1S/C32H33NO3S/c1-34-28-11-13-30-24(22-28)5-12-29(23-6-14-31-25(21-23)15-20-37-31)32(30)36-27-9-7-26(8-10-27)35-19-18-33-16-3-2-4-17-33/h5-14,21-22H,2-4,15-20H2,1H3. The lowest BCUT2D eigenvalue weighted by Crippen LogP contribution is -2.33. The first-order valence-corrected chi connectivity index (χ1v) is 14.3. The lowest BCUT2D eigenvalue weighted by molar-refractivity contribution is 0.183. The summed E-state index contributed by atoms with van der Waals surface area (Å²) in [5.41, 5.74) is 3.71. The van der Waals surface area contributed by atoms with Crippen LogP contribution in [0, 0.1) is 0 Å². The van der Waals surface area contributed by atoms with Gasteiger partial charge in [0.2, 0.25) is 0 Å². The van der Waals surface area contributed by atoms with Gasteiger partial charge in [0.15, 0.2) is 0 Å². The second kappa shape index (κ2) is 11.1. The molecule has 4 aromatic rings. The SMILES string of the molecule is COc1ccc2c(Oc3ccc(OCCN4CCCCC4)cc3)c(-c3ccc4c(c3)CCS4)ccc2c1. The van der Waals surface area contributed by atoms with E-state index in [0.29, 0.717) is 6.61 Å². The van der Waals surface area contributed by atoms with Crippen LogP contribution in [-0.4, -0.2) is 44.0 Å². The van der Waals surface area contributed by atoms with Crippen LogP contribution in [0.2, 0.25) is 0 Å². The van der Waals surface area contributed by atoms with Gasteiger partial charge in [-0.2, -0.15) is 0 Å². The number of nitrogens with zero attached hydrogens (tertiary/aromatic N) is 1. The van der Waals surface area contributed by atoms with Crippen molar-refractivity contribution in [3.63, 3.8) is 0 Å². The van der Waals surface area contributed by atoms with Gasteiger partial charge in [-0.05, 0) is 110 Å². The van der Waals surface area contributed by atoms with Crippen LogP contribution in [0.3, 0.4) is 0 Å². The molecule has 0 atom stereocenters. The molecule has 0 amide bonds. The molecule has 5 heteroatoms. The smallest absolute Gasteiger partial charge is 0.143 e. The minimum atomic E-state index is 0.714. The number of likely N-dealkylation sites (tertiary alicyclic amines) is 1. The largest absolute Gasteiger partial charge is 0.497 e. The van der Waals surface area contributed by atoms with Crippen molar-refractivity contribution in [3.05, 3.63) is 78.4 Å². The zero-order chi connectivity index (χ0) is 25.0. The van der Waals surface area contributed by atoms with Crippen molar-refractivity contribution < 1.29 is 14.2 Å². The maximum Gasteiger partial charge on any atom is 0.143 e. The molecule has 4 nitrogen and oxygen atoms in total. The Morgan fingerprint density at radius 3 is 2.46 bits per heavy atom. The molecule has 0 unspecified atom stereocenters. The quantitative estimate of drug-likeness (QED) is 0.241. The molecule has 0 spiro atoms. The van der Waals surface area contributed by atoms with Crippen molar-refractivity contribution >= 4 is 22.5 Å². The molecule has 2 aliphatic rings. The lowest BCUT2D eigenvalue weighted by Gasteiger charge is -2.26. The molecule has 0 radical (unpaired) electrons. The third-order valence-corrected chi connectivity index (χ3v) is 8.46. The molecule has 4 aromatic carbocycles. The highest BCUT2D eigenvalue weighted by Crippen LogP contribution is 2.43. The van der Waals surface area contributed by atoms with Crippen LogP contribution in [0.5, 0.6) is 23.0 Å². The van der Waals surface area contributed by atoms with Gasteiger partial charge in [-0.15, -0.1) is 11.8 Å². The minimum absolute atomic E-state index is 0.714. The second-order valence-corrected chi connectivity index (χ2v) is 10.9. The molecule has 1 fully saturated rings. The maximum absolute atomic E-state index is 6.61. The van der Waals surface area contributed by atoms with Crippen molar-refractivity contribution in [1.29, 1.82) is 0 Å². The number of hydrogen-bond donors (Lipinski definition) is 0. The summed E-state index contributed by atoms with van der Waals surface area (Å²) in [7, 11) is 1.70. The van der Waals surface area contributed by atoms with Crippen LogP contribution >= 0.6 is 11.8 Å². The summed E-state index contributed by atoms with van der Waals surface area (Å²) in [5, 5.41) is 2.16. The molecule has 0 aliphatic carbocycles. The molecule has 1 saturated heterocycles. The second-order valence-electron chi connectivity index (χ2n) is 9.77. The monoisotopic (exact) mass is 511 g/mol. The molecule has 0 aromatic heterocycles. The predicted octanol–water partition coefficient (Wildman–Crippen LogP) is 7.82. The highest BCUT2D eigenvalue weighted by molar-refractivity contribution is 7.99. The van der Waals surface area contributed by atoms with E-state index in [4.69, 9.17) is 14.2 Å². The molecular weight excluding hydrogens is 478 g/mol. The fraction of sp³-hybridized carbons (Fsp3) is 0.312. The van der Waals surface area contributed by atoms with E-state index >= 15 is 0 Å². The fourth-order valence-corrected chi connectivity index (χ4v) is 6.35. The Balaban J connectivity index is 1.26. The number of benzene rings is 4. The summed E-state index contributed by atoms with van der Waals surface area (Å²) in [6, 6.07) is 25.3. The van der Waals surface area contributed by atoms with E-state index in [9.17, 15) is 0 Å². The van der Waals surface area contributed by atoms with Crippen molar-refractivity contribution in [2.45, 2.75) is 30.6 Å². The molecule has 6 rings (SSSR count). The lowest BCUT2D eigenvalue weighted by atomic mass is 9.97. The van der Waals surface area contributed by atoms with Crippen LogP contribution in [0.25, 0.3) is 21.9 Å². The van der Waals surface area contributed by atoms with Gasteiger partial charge in [-0.3, -0.25) is 4.90 Å². The van der Waals surface area contributed by atoms with Gasteiger partial charge in [0.1, 0.15) is 29.6 Å². The maximum atomic E-state index is 6.61. The Morgan fingerprint density at radius 2 is 1.62 bits per heavy atom. The number of hydrogen-bond acceptors (Lipinski definition) is 5. The Hall–Kier alpha value is -3.15. The van der Waals surface area contributed by atoms with E-state index in [-0.39, 0.29) is 0 Å². The average Bonchev–Trinajstić information content (AvgIpc) is 3.42. The van der Waals surface area contributed by atoms with Crippen LogP contribution in [0.4, 0.5) is 0 Å². The van der Waals surface area contributed by atoms with Crippen LogP contribution < -0.4 is 14.2 Å². The van der Waals surface area contributed by atoms with Gasteiger partial charge in [0, 0.05) is 28.1 Å². The summed E-state index contributed by atoms with van der Waals surface area (Å²) < 4.78 is 18.1. The first-order chi connectivity index (χ1) is 18.3. The highest BCUT2D eigenvalue weighted by atomic mass is 32.2. The average molecular weight is 512 g/mol. The van der Waals surface area contributed by atoms with E-state index in [1.165, 1.54) is 48.4 Å². The molecule has 37 heavy (non-hydrogen) atoms. The van der Waals surface area contributed by atoms with Gasteiger partial charge in [0.25, 0.3) is 0 Å². The summed E-state index contributed by atoms with van der Waals surface area (Å²) in [4.78, 5) is 3.89. The third-order valence-electron chi connectivity index (χ3n) is 7.35. The minimum Gasteiger partial charge on any atom is -0.497 e. The van der Waals surface area contributed by atoms with Crippen molar-refractivity contribution in [2.75, 3.05) is 39.1 Å². The molecule has 0 saturated carbocycles. The molecule has 2 heterocycles. The number of ether oxygens (including phenoxy) is 3. The summed E-state index contributed by atoms with van der Waals surface area (Å²) in [6.07, 6.45) is 5.09. The van der Waals surface area contributed by atoms with Gasteiger partial charge >= 0.3 is 0 Å². The van der Waals surface area contributed by atoms with E-state index in [2.05, 4.69) is 47.4 Å². The number of methoxy groups -OCH3 is 1. The van der Waals surface area contributed by atoms with Crippen molar-refractivity contribution in [1.82, 2.24) is 4.90 Å². The Labute approximate surface area is 223 Å². The molecule has 0 N–H and O–H groups in total. The number of piperidine rings is 1. The van der Waals surface area contributed by atoms with Gasteiger partial charge < -0.3 is 14.2 Å². The Kier molecular flexibility index (Phi) is 7.25. The van der Waals surface area contributed by atoms with E-state index in [1.54, 1.807) is 7.11 Å². The third kappa shape index (κ3) is 5.43. The predicted molar refractivity (Wildman–Crippen MR) is 153 cm³/mol. The van der Waals surface area contributed by atoms with Crippen LogP contribution in [-0.2, 0) is 6.42 Å². The summed E-state index contributed by atoms with van der Waals surface area (Å²) >= 11 is 1.94. The number of fused-ring (bicyclic) bond motifs is 2. The number of thioether (sulfide) groups is 1. The summed E-state index contributed by atoms with van der Waals surface area (Å²) in [6.45, 7) is 4.09. The zero-order valence-corrected chi connectivity index (χ0v) is 22.2. The Morgan fingerprint density at radius 1 is 0.811 bits per heavy atom. The molecule has 0 bridgehead atoms. The topological polar surface area (TPSA) is 30.9 Å². The molecule has 2 aliphatic heterocycles. The Bertz CT molecular complexity index is 1380. The van der Waals surface area contributed by atoms with Crippen LogP contribution in [0.15, 0.2) is 77.7 Å². The molecule has 190 valence electrons.